The molecule has 1 fully saturated rings. The fourth-order valence-electron chi connectivity index (χ4n) is 1.51. The van der Waals surface area contributed by atoms with Gasteiger partial charge in [0.05, 0.1) is 6.04 Å². The van der Waals surface area contributed by atoms with Gasteiger partial charge in [0, 0.05) is 37.7 Å². The molecule has 0 bridgehead atoms. The van der Waals surface area contributed by atoms with Crippen LogP contribution in [-0.2, 0) is 9.59 Å². The van der Waals surface area contributed by atoms with Crippen molar-refractivity contribution < 1.29 is 14.7 Å². The Bertz CT molecular complexity index is 313. The van der Waals surface area contributed by atoms with Crippen molar-refractivity contribution in [2.45, 2.75) is 12.1 Å². The van der Waals surface area contributed by atoms with Gasteiger partial charge in [0.15, 0.2) is 0 Å². The standard InChI is InChI=1S/C10H20N4O3S2/c11-7(5-18-19-6-8(12)10(16)17)9(15)14-3-1-13-2-4-14/h7-8,13H,1-6,11-12H2,(H,16,17)/t7-,8-/m0/s1. The molecule has 0 aliphatic carbocycles. The lowest BCUT2D eigenvalue weighted by atomic mass is 10.2. The third-order valence-electron chi connectivity index (χ3n) is 2.64. The Morgan fingerprint density at radius 1 is 1.16 bits per heavy atom. The quantitative estimate of drug-likeness (QED) is 0.332. The van der Waals surface area contributed by atoms with E-state index in [1.807, 2.05) is 0 Å². The van der Waals surface area contributed by atoms with E-state index in [-0.39, 0.29) is 5.91 Å². The summed E-state index contributed by atoms with van der Waals surface area (Å²) < 4.78 is 0. The van der Waals surface area contributed by atoms with Gasteiger partial charge in [0.25, 0.3) is 0 Å². The van der Waals surface area contributed by atoms with Crippen molar-refractivity contribution >= 4 is 33.5 Å². The predicted octanol–water partition coefficient (Wildman–Crippen LogP) is -1.46. The highest BCUT2D eigenvalue weighted by Gasteiger charge is 2.22. The summed E-state index contributed by atoms with van der Waals surface area (Å²) in [7, 11) is 2.71. The number of piperazine rings is 1. The van der Waals surface area contributed by atoms with E-state index in [4.69, 9.17) is 16.6 Å². The Hall–Kier alpha value is -0.480. The number of hydrogen-bond donors (Lipinski definition) is 4. The van der Waals surface area contributed by atoms with Crippen molar-refractivity contribution in [2.24, 2.45) is 11.5 Å². The molecule has 0 saturated carbocycles. The minimum absolute atomic E-state index is 0.0443. The van der Waals surface area contributed by atoms with Crippen molar-refractivity contribution in [3.63, 3.8) is 0 Å². The van der Waals surface area contributed by atoms with E-state index in [2.05, 4.69) is 5.32 Å². The fourth-order valence-corrected chi connectivity index (χ4v) is 3.73. The monoisotopic (exact) mass is 308 g/mol. The number of carboxylic acid groups (broad SMARTS) is 1. The topological polar surface area (TPSA) is 122 Å². The van der Waals surface area contributed by atoms with Crippen LogP contribution in [0.3, 0.4) is 0 Å². The zero-order valence-electron chi connectivity index (χ0n) is 10.6. The molecule has 1 saturated heterocycles. The van der Waals surface area contributed by atoms with Crippen LogP contribution in [0.5, 0.6) is 0 Å². The van der Waals surface area contributed by atoms with Gasteiger partial charge < -0.3 is 26.8 Å². The van der Waals surface area contributed by atoms with Gasteiger partial charge in [-0.2, -0.15) is 0 Å². The Kier molecular flexibility index (Phi) is 7.54. The molecule has 0 unspecified atom stereocenters. The van der Waals surface area contributed by atoms with Crippen LogP contribution in [0.4, 0.5) is 0 Å². The average molecular weight is 308 g/mol. The minimum Gasteiger partial charge on any atom is -0.480 e. The molecule has 1 heterocycles. The van der Waals surface area contributed by atoms with Crippen LogP contribution < -0.4 is 16.8 Å². The first kappa shape index (κ1) is 16.6. The normalized spacial score (nSPS) is 18.9. The van der Waals surface area contributed by atoms with Gasteiger partial charge >= 0.3 is 5.97 Å². The van der Waals surface area contributed by atoms with E-state index in [0.29, 0.717) is 24.6 Å². The third kappa shape index (κ3) is 6.00. The summed E-state index contributed by atoms with van der Waals surface area (Å²) in [6.07, 6.45) is 0. The minimum atomic E-state index is -1.02. The summed E-state index contributed by atoms with van der Waals surface area (Å²) >= 11 is 0. The molecular formula is C10H20N4O3S2. The Labute approximate surface area is 120 Å². The van der Waals surface area contributed by atoms with E-state index in [0.717, 1.165) is 13.1 Å². The molecule has 1 amide bonds. The molecule has 0 spiro atoms. The number of carbonyl (C=O) groups excluding carboxylic acids is 1. The summed E-state index contributed by atoms with van der Waals surface area (Å²) in [6, 6.07) is -1.42. The maximum Gasteiger partial charge on any atom is 0.321 e. The zero-order valence-corrected chi connectivity index (χ0v) is 12.2. The molecule has 110 valence electrons. The molecule has 19 heavy (non-hydrogen) atoms. The highest BCUT2D eigenvalue weighted by atomic mass is 33.1. The number of amides is 1. The molecule has 0 aromatic rings. The smallest absolute Gasteiger partial charge is 0.321 e. The molecule has 1 aliphatic rings. The van der Waals surface area contributed by atoms with Crippen LogP contribution in [0.1, 0.15) is 0 Å². The summed E-state index contributed by atoms with van der Waals surface area (Å²) in [5.41, 5.74) is 11.2. The number of hydrogen-bond acceptors (Lipinski definition) is 7. The number of carboxylic acids is 1. The van der Waals surface area contributed by atoms with Crippen LogP contribution in [0.2, 0.25) is 0 Å². The van der Waals surface area contributed by atoms with Crippen LogP contribution in [-0.4, -0.2) is 71.7 Å². The Morgan fingerprint density at radius 3 is 2.21 bits per heavy atom. The molecule has 7 nitrogen and oxygen atoms in total. The molecule has 0 aromatic heterocycles. The molecule has 6 N–H and O–H groups in total. The SMILES string of the molecule is N[C@@H](CSSC[C@H](N)C(=O)N1CCNCC1)C(=O)O. The summed E-state index contributed by atoms with van der Waals surface area (Å²) in [6.45, 7) is 2.98. The van der Waals surface area contributed by atoms with Crippen LogP contribution in [0.15, 0.2) is 0 Å². The lowest BCUT2D eigenvalue weighted by molar-refractivity contribution is -0.138. The second-order valence-corrected chi connectivity index (χ2v) is 6.75. The number of nitrogens with two attached hydrogens (primary N) is 2. The second-order valence-electron chi connectivity index (χ2n) is 4.20. The van der Waals surface area contributed by atoms with Gasteiger partial charge in [-0.15, -0.1) is 0 Å². The van der Waals surface area contributed by atoms with Gasteiger partial charge in [-0.3, -0.25) is 9.59 Å². The van der Waals surface area contributed by atoms with Gasteiger partial charge in [0.1, 0.15) is 6.04 Å². The molecule has 0 aromatic carbocycles. The van der Waals surface area contributed by atoms with Crippen LogP contribution in [0, 0.1) is 0 Å². The lowest BCUT2D eigenvalue weighted by Crippen LogP contribution is -2.52. The van der Waals surface area contributed by atoms with Crippen molar-refractivity contribution in [3.8, 4) is 0 Å². The highest BCUT2D eigenvalue weighted by molar-refractivity contribution is 8.76. The Balaban J connectivity index is 2.17. The summed E-state index contributed by atoms with van der Waals surface area (Å²) in [5, 5.41) is 11.8. The van der Waals surface area contributed by atoms with Gasteiger partial charge in [-0.25, -0.2) is 0 Å². The van der Waals surface area contributed by atoms with E-state index < -0.39 is 18.1 Å². The zero-order chi connectivity index (χ0) is 14.3. The number of nitrogens with zero attached hydrogens (tertiary/aromatic N) is 1. The molecule has 9 heteroatoms. The van der Waals surface area contributed by atoms with Crippen molar-refractivity contribution in [1.29, 1.82) is 0 Å². The van der Waals surface area contributed by atoms with E-state index >= 15 is 0 Å². The van der Waals surface area contributed by atoms with E-state index in [9.17, 15) is 9.59 Å². The first-order valence-corrected chi connectivity index (χ1v) is 8.49. The third-order valence-corrected chi connectivity index (χ3v) is 5.12. The van der Waals surface area contributed by atoms with Gasteiger partial charge in [-0.1, -0.05) is 21.6 Å². The molecule has 1 aliphatic heterocycles. The van der Waals surface area contributed by atoms with Crippen LogP contribution >= 0.6 is 21.6 Å². The predicted molar refractivity (Wildman–Crippen MR) is 78.0 cm³/mol. The van der Waals surface area contributed by atoms with Crippen LogP contribution in [0.25, 0.3) is 0 Å². The molecule has 2 atom stereocenters. The van der Waals surface area contributed by atoms with E-state index in [1.54, 1.807) is 4.90 Å². The maximum absolute atomic E-state index is 12.0. The van der Waals surface area contributed by atoms with Crippen molar-refractivity contribution in [1.82, 2.24) is 10.2 Å². The van der Waals surface area contributed by atoms with E-state index in [1.165, 1.54) is 21.6 Å². The lowest BCUT2D eigenvalue weighted by Gasteiger charge is -2.29. The summed E-state index contributed by atoms with van der Waals surface area (Å²) in [4.78, 5) is 24.2. The second kappa shape index (κ2) is 8.64. The summed E-state index contributed by atoms with van der Waals surface area (Å²) in [5.74, 6) is -0.305. The number of rotatable bonds is 7. The Morgan fingerprint density at radius 2 is 1.68 bits per heavy atom. The molecular weight excluding hydrogens is 288 g/mol. The van der Waals surface area contributed by atoms with Crippen molar-refractivity contribution in [3.05, 3.63) is 0 Å². The molecule has 0 radical (unpaired) electrons. The largest absolute Gasteiger partial charge is 0.480 e. The number of aliphatic carboxylic acids is 1. The first-order chi connectivity index (χ1) is 9.02. The molecule has 1 rings (SSSR count). The number of carbonyl (C=O) groups is 2. The highest BCUT2D eigenvalue weighted by Crippen LogP contribution is 2.22. The average Bonchev–Trinajstić information content (AvgIpc) is 2.43. The van der Waals surface area contributed by atoms with Gasteiger partial charge in [0.2, 0.25) is 5.91 Å². The first-order valence-electron chi connectivity index (χ1n) is 6.00. The number of nitrogens with one attached hydrogen (secondary N) is 1. The van der Waals surface area contributed by atoms with Crippen molar-refractivity contribution in [2.75, 3.05) is 37.7 Å². The maximum atomic E-state index is 12.0. The van der Waals surface area contributed by atoms with Gasteiger partial charge in [-0.05, 0) is 0 Å². The fraction of sp³-hybridized carbons (Fsp3) is 0.800.